The number of hydrogen-bond acceptors (Lipinski definition) is 2. The van der Waals surface area contributed by atoms with Crippen molar-refractivity contribution in [3.8, 4) is 5.75 Å². The average Bonchev–Trinajstić information content (AvgIpc) is 2.09. The van der Waals surface area contributed by atoms with Gasteiger partial charge >= 0.3 is 0 Å². The van der Waals surface area contributed by atoms with E-state index in [1.807, 2.05) is 13.8 Å². The first kappa shape index (κ1) is 15.5. The third-order valence-corrected chi connectivity index (χ3v) is 2.40. The summed E-state index contributed by atoms with van der Waals surface area (Å²) in [5.41, 5.74) is 6.22. The van der Waals surface area contributed by atoms with Crippen LogP contribution in [0.2, 0.25) is 5.02 Å². The van der Waals surface area contributed by atoms with Gasteiger partial charge in [-0.1, -0.05) is 25.4 Å². The Morgan fingerprint density at radius 2 is 2.00 bits per heavy atom. The molecular formula is C11H16Cl2FNO. The monoisotopic (exact) mass is 267 g/mol. The summed E-state index contributed by atoms with van der Waals surface area (Å²) in [4.78, 5) is 0. The van der Waals surface area contributed by atoms with Gasteiger partial charge in [0.1, 0.15) is 0 Å². The fourth-order valence-corrected chi connectivity index (χ4v) is 1.72. The molecule has 3 N–H and O–H groups in total. The van der Waals surface area contributed by atoms with Gasteiger partial charge in [-0.3, -0.25) is 0 Å². The molecule has 0 heterocycles. The van der Waals surface area contributed by atoms with Gasteiger partial charge < -0.3 is 10.8 Å². The van der Waals surface area contributed by atoms with Crippen LogP contribution in [-0.4, -0.2) is 5.11 Å². The quantitative estimate of drug-likeness (QED) is 0.878. The zero-order valence-electron chi connectivity index (χ0n) is 9.21. The number of phenolic OH excluding ortho intramolecular Hbond substituents is 1. The highest BCUT2D eigenvalue weighted by molar-refractivity contribution is 6.30. The molecule has 0 aliphatic rings. The third kappa shape index (κ3) is 3.81. The minimum absolute atomic E-state index is 0. The second-order valence-corrected chi connectivity index (χ2v) is 4.50. The molecule has 1 rings (SSSR count). The Morgan fingerprint density at radius 3 is 2.50 bits per heavy atom. The van der Waals surface area contributed by atoms with E-state index in [0.717, 1.165) is 6.07 Å². The van der Waals surface area contributed by atoms with Gasteiger partial charge in [0.25, 0.3) is 0 Å². The van der Waals surface area contributed by atoms with Gasteiger partial charge in [-0.05, 0) is 24.5 Å². The van der Waals surface area contributed by atoms with Gasteiger partial charge in [0.05, 0.1) is 0 Å². The van der Waals surface area contributed by atoms with Crippen molar-refractivity contribution in [3.63, 3.8) is 0 Å². The third-order valence-electron chi connectivity index (χ3n) is 2.18. The number of halogens is 3. The Morgan fingerprint density at radius 1 is 1.44 bits per heavy atom. The summed E-state index contributed by atoms with van der Waals surface area (Å²) < 4.78 is 13.1. The highest BCUT2D eigenvalue weighted by atomic mass is 35.5. The molecule has 1 atom stereocenters. The number of benzene rings is 1. The first-order valence-electron chi connectivity index (χ1n) is 4.85. The molecule has 16 heavy (non-hydrogen) atoms. The van der Waals surface area contributed by atoms with Crippen molar-refractivity contribution in [2.24, 2.45) is 11.7 Å². The Hall–Kier alpha value is -0.510. The molecule has 1 aromatic rings. The van der Waals surface area contributed by atoms with Crippen molar-refractivity contribution in [2.45, 2.75) is 26.3 Å². The number of aromatic hydroxyl groups is 1. The van der Waals surface area contributed by atoms with E-state index in [0.29, 0.717) is 17.9 Å². The van der Waals surface area contributed by atoms with Gasteiger partial charge in [-0.25, -0.2) is 4.39 Å². The Balaban J connectivity index is 0.00000225. The molecule has 0 aliphatic carbocycles. The van der Waals surface area contributed by atoms with E-state index < -0.39 is 17.6 Å². The summed E-state index contributed by atoms with van der Waals surface area (Å²) in [5.74, 6) is -0.745. The van der Waals surface area contributed by atoms with E-state index >= 15 is 0 Å². The first-order chi connectivity index (χ1) is 6.91. The summed E-state index contributed by atoms with van der Waals surface area (Å²) in [6, 6.07) is 2.19. The maximum atomic E-state index is 13.1. The second-order valence-electron chi connectivity index (χ2n) is 4.06. The van der Waals surface area contributed by atoms with Crippen LogP contribution in [0.25, 0.3) is 0 Å². The molecule has 0 spiro atoms. The molecule has 0 fully saturated rings. The molecule has 92 valence electrons. The van der Waals surface area contributed by atoms with Crippen molar-refractivity contribution in [3.05, 3.63) is 28.5 Å². The molecule has 0 aromatic heterocycles. The van der Waals surface area contributed by atoms with Crippen LogP contribution in [0.3, 0.4) is 0 Å². The minimum atomic E-state index is -0.725. The van der Waals surface area contributed by atoms with Crippen LogP contribution in [0, 0.1) is 11.7 Å². The number of phenols is 1. The molecule has 0 saturated heterocycles. The lowest BCUT2D eigenvalue weighted by Gasteiger charge is -2.16. The SMILES string of the molecule is CC(C)C[C@H](N)c1cc(Cl)cc(F)c1O.Cl. The lowest BCUT2D eigenvalue weighted by Crippen LogP contribution is -2.13. The molecule has 0 unspecified atom stereocenters. The molecule has 0 bridgehead atoms. The lowest BCUT2D eigenvalue weighted by molar-refractivity contribution is 0.411. The standard InChI is InChI=1S/C11H15ClFNO.ClH/c1-6(2)3-10(14)8-4-7(12)5-9(13)11(8)15;/h4-6,10,15H,3,14H2,1-2H3;1H/t10-;/m0./s1. The lowest BCUT2D eigenvalue weighted by atomic mass is 9.97. The fourth-order valence-electron chi connectivity index (χ4n) is 1.50. The van der Waals surface area contributed by atoms with Crippen LogP contribution < -0.4 is 5.73 Å². The van der Waals surface area contributed by atoms with Crippen LogP contribution in [0.4, 0.5) is 4.39 Å². The molecule has 2 nitrogen and oxygen atoms in total. The average molecular weight is 268 g/mol. The number of nitrogens with two attached hydrogens (primary N) is 1. The van der Waals surface area contributed by atoms with E-state index in [9.17, 15) is 9.50 Å². The number of rotatable bonds is 3. The zero-order chi connectivity index (χ0) is 11.6. The van der Waals surface area contributed by atoms with Crippen molar-refractivity contribution in [1.82, 2.24) is 0 Å². The zero-order valence-corrected chi connectivity index (χ0v) is 10.8. The molecular weight excluding hydrogens is 252 g/mol. The summed E-state index contributed by atoms with van der Waals surface area (Å²) in [5, 5.41) is 9.74. The fraction of sp³-hybridized carbons (Fsp3) is 0.455. The molecule has 0 radical (unpaired) electrons. The van der Waals surface area contributed by atoms with Crippen LogP contribution in [0.15, 0.2) is 12.1 Å². The van der Waals surface area contributed by atoms with Crippen molar-refractivity contribution in [1.29, 1.82) is 0 Å². The van der Waals surface area contributed by atoms with Crippen molar-refractivity contribution in [2.75, 3.05) is 0 Å². The van der Waals surface area contributed by atoms with Crippen molar-refractivity contribution >= 4 is 24.0 Å². The Bertz CT molecular complexity index is 358. The topological polar surface area (TPSA) is 46.2 Å². The Kier molecular flexibility index (Phi) is 6.08. The molecule has 0 amide bonds. The van der Waals surface area contributed by atoms with Gasteiger partial charge in [-0.15, -0.1) is 12.4 Å². The van der Waals surface area contributed by atoms with Crippen LogP contribution in [0.5, 0.6) is 5.75 Å². The first-order valence-corrected chi connectivity index (χ1v) is 5.23. The van der Waals surface area contributed by atoms with Gasteiger partial charge in [0.15, 0.2) is 11.6 Å². The van der Waals surface area contributed by atoms with Crippen LogP contribution in [-0.2, 0) is 0 Å². The van der Waals surface area contributed by atoms with Gasteiger partial charge in [0.2, 0.25) is 0 Å². The van der Waals surface area contributed by atoms with Crippen LogP contribution >= 0.6 is 24.0 Å². The van der Waals surface area contributed by atoms with Gasteiger partial charge in [0, 0.05) is 16.6 Å². The second kappa shape index (κ2) is 6.28. The van der Waals surface area contributed by atoms with Crippen LogP contribution in [0.1, 0.15) is 31.9 Å². The summed E-state index contributed by atoms with van der Waals surface area (Å²) >= 11 is 5.70. The predicted octanol–water partition coefficient (Wildman–Crippen LogP) is 3.65. The molecule has 1 aromatic carbocycles. The normalized spacial score (nSPS) is 12.4. The van der Waals surface area contributed by atoms with E-state index in [-0.39, 0.29) is 17.4 Å². The van der Waals surface area contributed by atoms with E-state index in [4.69, 9.17) is 17.3 Å². The van der Waals surface area contributed by atoms with E-state index in [1.165, 1.54) is 6.07 Å². The highest BCUT2D eigenvalue weighted by Crippen LogP contribution is 2.32. The smallest absolute Gasteiger partial charge is 0.166 e. The predicted molar refractivity (Wildman–Crippen MR) is 66.7 cm³/mol. The molecule has 0 aliphatic heterocycles. The Labute approximate surface area is 106 Å². The minimum Gasteiger partial charge on any atom is -0.505 e. The van der Waals surface area contributed by atoms with Crippen molar-refractivity contribution < 1.29 is 9.50 Å². The summed E-state index contributed by atoms with van der Waals surface area (Å²) in [7, 11) is 0. The highest BCUT2D eigenvalue weighted by Gasteiger charge is 2.16. The van der Waals surface area contributed by atoms with E-state index in [2.05, 4.69) is 0 Å². The van der Waals surface area contributed by atoms with Gasteiger partial charge in [-0.2, -0.15) is 0 Å². The maximum absolute atomic E-state index is 13.1. The van der Waals surface area contributed by atoms with E-state index in [1.54, 1.807) is 0 Å². The summed E-state index contributed by atoms with van der Waals surface area (Å²) in [6.45, 7) is 4.02. The maximum Gasteiger partial charge on any atom is 0.166 e. The molecule has 0 saturated carbocycles. The largest absolute Gasteiger partial charge is 0.505 e. The number of hydrogen-bond donors (Lipinski definition) is 2. The summed E-state index contributed by atoms with van der Waals surface area (Å²) in [6.07, 6.45) is 0.674. The molecule has 5 heteroatoms.